The van der Waals surface area contributed by atoms with E-state index in [9.17, 15) is 14.4 Å². The molecule has 0 aromatic rings. The van der Waals surface area contributed by atoms with Crippen LogP contribution in [-0.4, -0.2) is 48.8 Å². The van der Waals surface area contributed by atoms with E-state index in [1.807, 2.05) is 0 Å². The first-order valence-electron chi connectivity index (χ1n) is 5.48. The van der Waals surface area contributed by atoms with E-state index in [2.05, 4.69) is 15.9 Å². The van der Waals surface area contributed by atoms with Crippen LogP contribution in [0.2, 0.25) is 0 Å². The van der Waals surface area contributed by atoms with Crippen LogP contribution < -0.4 is 0 Å². The minimum atomic E-state index is -0.849. The van der Waals surface area contributed by atoms with Crippen molar-refractivity contribution in [3.63, 3.8) is 0 Å². The van der Waals surface area contributed by atoms with Gasteiger partial charge in [-0.25, -0.2) is 0 Å². The Morgan fingerprint density at radius 1 is 0.895 bits per heavy atom. The quantitative estimate of drug-likeness (QED) is 0.366. The average Bonchev–Trinajstić information content (AvgIpc) is 2.29. The summed E-state index contributed by atoms with van der Waals surface area (Å²) in [5, 5.41) is 0. The average molecular weight is 341 g/mol. The molecule has 0 bridgehead atoms. The van der Waals surface area contributed by atoms with E-state index < -0.39 is 30.1 Å². The molecule has 0 radical (unpaired) electrons. The van der Waals surface area contributed by atoms with E-state index in [1.54, 1.807) is 0 Å². The van der Waals surface area contributed by atoms with Gasteiger partial charge in [0.15, 0.2) is 6.10 Å². The second kappa shape index (κ2) is 9.74. The van der Waals surface area contributed by atoms with Gasteiger partial charge in [-0.15, -0.1) is 0 Å². The predicted octanol–water partition coefficient (Wildman–Crippen LogP) is 0.782. The molecule has 2 atom stereocenters. The van der Waals surface area contributed by atoms with Gasteiger partial charge in [0.05, 0.1) is 0 Å². The van der Waals surface area contributed by atoms with Crippen molar-refractivity contribution in [1.29, 1.82) is 0 Å². The highest BCUT2D eigenvalue weighted by Gasteiger charge is 2.27. The molecule has 19 heavy (non-hydrogen) atoms. The summed E-state index contributed by atoms with van der Waals surface area (Å²) in [6.07, 6.45) is -1.58. The summed E-state index contributed by atoms with van der Waals surface area (Å²) < 4.78 is 19.8. The summed E-state index contributed by atoms with van der Waals surface area (Å²) in [6, 6.07) is 0. The summed E-state index contributed by atoms with van der Waals surface area (Å²) in [5.41, 5.74) is 0.150. The Morgan fingerprint density at radius 2 is 1.37 bits per heavy atom. The molecule has 0 saturated heterocycles. The zero-order valence-electron chi connectivity index (χ0n) is 11.0. The first kappa shape index (κ1) is 17.8. The standard InChI is InChI=1S/C11H17BrO7/c1-7(13)16-4-10(18-6-12)11(19-9(3)15)5-17-8(2)14/h10-11H,4-6H2,1-3H3/t10-,11-/m1/s1. The second-order valence-corrected chi connectivity index (χ2v) is 4.03. The molecule has 0 aromatic heterocycles. The van der Waals surface area contributed by atoms with Gasteiger partial charge in [0, 0.05) is 20.8 Å². The van der Waals surface area contributed by atoms with Crippen LogP contribution in [0.5, 0.6) is 0 Å². The van der Waals surface area contributed by atoms with Crippen LogP contribution in [0.15, 0.2) is 0 Å². The van der Waals surface area contributed by atoms with Crippen LogP contribution >= 0.6 is 15.9 Å². The van der Waals surface area contributed by atoms with E-state index in [0.717, 1.165) is 0 Å². The fourth-order valence-electron chi connectivity index (χ4n) is 1.17. The number of carbonyl (C=O) groups excluding carboxylic acids is 3. The van der Waals surface area contributed by atoms with Crippen molar-refractivity contribution in [3.8, 4) is 0 Å². The van der Waals surface area contributed by atoms with Crippen LogP contribution in [0.25, 0.3) is 0 Å². The van der Waals surface area contributed by atoms with Gasteiger partial charge < -0.3 is 18.9 Å². The Morgan fingerprint density at radius 3 is 1.74 bits per heavy atom. The third-order valence-electron chi connectivity index (χ3n) is 1.91. The molecule has 0 heterocycles. The van der Waals surface area contributed by atoms with Gasteiger partial charge in [-0.05, 0) is 0 Å². The van der Waals surface area contributed by atoms with Crippen molar-refractivity contribution >= 4 is 33.8 Å². The van der Waals surface area contributed by atoms with Crippen molar-refractivity contribution in [3.05, 3.63) is 0 Å². The number of halogens is 1. The summed E-state index contributed by atoms with van der Waals surface area (Å²) in [7, 11) is 0. The van der Waals surface area contributed by atoms with Crippen molar-refractivity contribution in [2.24, 2.45) is 0 Å². The number of carbonyl (C=O) groups is 3. The molecule has 8 heteroatoms. The number of hydrogen-bond donors (Lipinski definition) is 0. The zero-order valence-corrected chi connectivity index (χ0v) is 12.6. The van der Waals surface area contributed by atoms with E-state index in [1.165, 1.54) is 20.8 Å². The van der Waals surface area contributed by atoms with Gasteiger partial charge in [0.25, 0.3) is 0 Å². The monoisotopic (exact) mass is 340 g/mol. The summed E-state index contributed by atoms with van der Waals surface area (Å²) in [6.45, 7) is 3.42. The Kier molecular flexibility index (Phi) is 9.15. The Hall–Kier alpha value is -1.15. The van der Waals surface area contributed by atoms with Gasteiger partial charge in [-0.1, -0.05) is 15.9 Å². The molecule has 0 aliphatic rings. The molecule has 7 nitrogen and oxygen atoms in total. The lowest BCUT2D eigenvalue weighted by atomic mass is 10.2. The maximum atomic E-state index is 11.0. The third-order valence-corrected chi connectivity index (χ3v) is 2.18. The summed E-state index contributed by atoms with van der Waals surface area (Å²) in [5.74, 6) is -1.55. The highest BCUT2D eigenvalue weighted by atomic mass is 79.9. The van der Waals surface area contributed by atoms with Crippen molar-refractivity contribution in [2.75, 3.05) is 18.7 Å². The molecule has 0 aliphatic carbocycles. The Bertz CT molecular complexity index is 318. The molecular formula is C11H17BrO7. The number of rotatable bonds is 8. The third kappa shape index (κ3) is 9.43. The van der Waals surface area contributed by atoms with Crippen molar-refractivity contribution in [1.82, 2.24) is 0 Å². The van der Waals surface area contributed by atoms with E-state index in [0.29, 0.717) is 0 Å². The van der Waals surface area contributed by atoms with Crippen molar-refractivity contribution < 1.29 is 33.3 Å². The molecule has 0 aromatic carbocycles. The lowest BCUT2D eigenvalue weighted by Gasteiger charge is -2.25. The summed E-state index contributed by atoms with van der Waals surface area (Å²) in [4.78, 5) is 32.6. The summed E-state index contributed by atoms with van der Waals surface area (Å²) >= 11 is 3.06. The van der Waals surface area contributed by atoms with Crippen LogP contribution in [0.4, 0.5) is 0 Å². The van der Waals surface area contributed by atoms with Crippen molar-refractivity contribution in [2.45, 2.75) is 33.0 Å². The van der Waals surface area contributed by atoms with Crippen LogP contribution in [0.1, 0.15) is 20.8 Å². The minimum absolute atomic E-state index is 0.111. The molecule has 0 fully saturated rings. The van der Waals surface area contributed by atoms with Gasteiger partial charge >= 0.3 is 17.9 Å². The smallest absolute Gasteiger partial charge is 0.303 e. The number of ether oxygens (including phenoxy) is 4. The molecule has 0 amide bonds. The molecule has 0 unspecified atom stereocenters. The maximum Gasteiger partial charge on any atom is 0.303 e. The molecule has 0 N–H and O–H groups in total. The van der Waals surface area contributed by atoms with Gasteiger partial charge in [-0.3, -0.25) is 14.4 Å². The number of alkyl halides is 1. The van der Waals surface area contributed by atoms with Crippen LogP contribution in [0, 0.1) is 0 Å². The maximum absolute atomic E-state index is 11.0. The van der Waals surface area contributed by atoms with Crippen LogP contribution in [-0.2, 0) is 33.3 Å². The fraction of sp³-hybridized carbons (Fsp3) is 0.727. The lowest BCUT2D eigenvalue weighted by Crippen LogP contribution is -2.40. The highest BCUT2D eigenvalue weighted by molar-refractivity contribution is 9.09. The predicted molar refractivity (Wildman–Crippen MR) is 67.5 cm³/mol. The molecular weight excluding hydrogens is 324 g/mol. The SMILES string of the molecule is CC(=O)OC[C@@H](OCBr)[C@@H](COC(C)=O)OC(C)=O. The molecule has 0 rings (SSSR count). The van der Waals surface area contributed by atoms with E-state index >= 15 is 0 Å². The Balaban J connectivity index is 4.63. The topological polar surface area (TPSA) is 88.1 Å². The van der Waals surface area contributed by atoms with E-state index in [4.69, 9.17) is 18.9 Å². The fourth-order valence-corrected chi connectivity index (χ4v) is 1.51. The zero-order chi connectivity index (χ0) is 14.8. The second-order valence-electron chi connectivity index (χ2n) is 3.57. The first-order valence-corrected chi connectivity index (χ1v) is 6.60. The van der Waals surface area contributed by atoms with E-state index in [-0.39, 0.29) is 18.7 Å². The number of hydrogen-bond acceptors (Lipinski definition) is 7. The molecule has 0 aliphatic heterocycles. The first-order chi connectivity index (χ1) is 8.86. The number of esters is 3. The van der Waals surface area contributed by atoms with Crippen LogP contribution in [0.3, 0.4) is 0 Å². The molecule has 0 saturated carbocycles. The highest BCUT2D eigenvalue weighted by Crippen LogP contribution is 2.09. The molecule has 110 valence electrons. The largest absolute Gasteiger partial charge is 0.463 e. The van der Waals surface area contributed by atoms with Gasteiger partial charge in [-0.2, -0.15) is 0 Å². The van der Waals surface area contributed by atoms with Gasteiger partial charge in [0.2, 0.25) is 0 Å². The normalized spacial score (nSPS) is 13.3. The van der Waals surface area contributed by atoms with Gasteiger partial charge in [0.1, 0.15) is 24.8 Å². The Labute approximate surface area is 119 Å². The minimum Gasteiger partial charge on any atom is -0.463 e. The molecule has 0 spiro atoms. The lowest BCUT2D eigenvalue weighted by molar-refractivity contribution is -0.171.